The summed E-state index contributed by atoms with van der Waals surface area (Å²) in [5, 5.41) is 6.55. The molecular formula is C12H23N5. The van der Waals surface area contributed by atoms with Gasteiger partial charge in [-0.05, 0) is 19.8 Å². The van der Waals surface area contributed by atoms with Crippen LogP contribution in [0.1, 0.15) is 26.7 Å². The lowest BCUT2D eigenvalue weighted by Crippen LogP contribution is -2.38. The van der Waals surface area contributed by atoms with Gasteiger partial charge in [0.25, 0.3) is 0 Å². The Kier molecular flexibility index (Phi) is 6.86. The molecule has 0 atom stereocenters. The first kappa shape index (κ1) is 13.5. The summed E-state index contributed by atoms with van der Waals surface area (Å²) in [7, 11) is 0. The number of guanidine groups is 1. The Morgan fingerprint density at radius 2 is 2.24 bits per heavy atom. The van der Waals surface area contributed by atoms with Crippen LogP contribution < -0.4 is 10.6 Å². The zero-order valence-electron chi connectivity index (χ0n) is 10.8. The van der Waals surface area contributed by atoms with Crippen molar-refractivity contribution in [2.24, 2.45) is 4.99 Å². The molecule has 0 unspecified atom stereocenters. The predicted octanol–water partition coefficient (Wildman–Crippen LogP) is 1.24. The lowest BCUT2D eigenvalue weighted by atomic mass is 10.4. The van der Waals surface area contributed by atoms with Gasteiger partial charge in [0.15, 0.2) is 5.96 Å². The van der Waals surface area contributed by atoms with Crippen molar-refractivity contribution < 1.29 is 0 Å². The highest BCUT2D eigenvalue weighted by Crippen LogP contribution is 1.89. The zero-order valence-corrected chi connectivity index (χ0v) is 10.8. The fourth-order valence-corrected chi connectivity index (χ4v) is 1.45. The molecule has 0 spiro atoms. The summed E-state index contributed by atoms with van der Waals surface area (Å²) in [6.45, 7) is 7.89. The van der Waals surface area contributed by atoms with Crippen molar-refractivity contribution in [3.63, 3.8) is 0 Å². The van der Waals surface area contributed by atoms with E-state index in [9.17, 15) is 0 Å². The molecule has 0 bridgehead atoms. The van der Waals surface area contributed by atoms with Crippen molar-refractivity contribution in [2.45, 2.75) is 33.2 Å². The monoisotopic (exact) mass is 237 g/mol. The fourth-order valence-electron chi connectivity index (χ4n) is 1.45. The highest BCUT2D eigenvalue weighted by atomic mass is 15.2. The van der Waals surface area contributed by atoms with Crippen LogP contribution >= 0.6 is 0 Å². The topological polar surface area (TPSA) is 54.2 Å². The lowest BCUT2D eigenvalue weighted by Gasteiger charge is -2.11. The van der Waals surface area contributed by atoms with Gasteiger partial charge in [-0.3, -0.25) is 4.99 Å². The molecule has 0 saturated carbocycles. The average Bonchev–Trinajstić information content (AvgIpc) is 2.84. The summed E-state index contributed by atoms with van der Waals surface area (Å²) in [4.78, 5) is 8.45. The lowest BCUT2D eigenvalue weighted by molar-refractivity contribution is 0.624. The zero-order chi connectivity index (χ0) is 12.3. The third kappa shape index (κ3) is 5.94. The molecule has 17 heavy (non-hydrogen) atoms. The van der Waals surface area contributed by atoms with Crippen molar-refractivity contribution in [1.29, 1.82) is 0 Å². The number of aliphatic imine (C=N–C) groups is 1. The van der Waals surface area contributed by atoms with E-state index >= 15 is 0 Å². The number of aromatic nitrogens is 2. The number of nitrogens with one attached hydrogen (secondary N) is 2. The smallest absolute Gasteiger partial charge is 0.191 e. The summed E-state index contributed by atoms with van der Waals surface area (Å²) in [6, 6.07) is 0. The summed E-state index contributed by atoms with van der Waals surface area (Å²) in [6.07, 6.45) is 7.77. The van der Waals surface area contributed by atoms with Gasteiger partial charge in [-0.2, -0.15) is 0 Å². The molecule has 5 heteroatoms. The van der Waals surface area contributed by atoms with E-state index in [1.54, 1.807) is 6.20 Å². The maximum atomic E-state index is 4.44. The SMILES string of the molecule is CCCN=C(NCC)NCCCn1ccnc1. The largest absolute Gasteiger partial charge is 0.357 e. The van der Waals surface area contributed by atoms with E-state index in [1.165, 1.54) is 0 Å². The van der Waals surface area contributed by atoms with Crippen molar-refractivity contribution in [1.82, 2.24) is 20.2 Å². The molecule has 0 amide bonds. The molecule has 0 saturated heterocycles. The van der Waals surface area contributed by atoms with Gasteiger partial charge in [0.05, 0.1) is 6.33 Å². The Hall–Kier alpha value is -1.52. The van der Waals surface area contributed by atoms with Crippen LogP contribution in [-0.2, 0) is 6.54 Å². The Bertz CT molecular complexity index is 305. The van der Waals surface area contributed by atoms with Gasteiger partial charge < -0.3 is 15.2 Å². The third-order valence-corrected chi connectivity index (χ3v) is 2.28. The van der Waals surface area contributed by atoms with Gasteiger partial charge in [0.1, 0.15) is 0 Å². The van der Waals surface area contributed by atoms with E-state index in [-0.39, 0.29) is 0 Å². The molecule has 0 fully saturated rings. The van der Waals surface area contributed by atoms with Crippen LogP contribution in [0.4, 0.5) is 0 Å². The van der Waals surface area contributed by atoms with Gasteiger partial charge in [0, 0.05) is 38.6 Å². The fraction of sp³-hybridized carbons (Fsp3) is 0.667. The van der Waals surface area contributed by atoms with Crippen LogP contribution in [-0.4, -0.2) is 35.1 Å². The molecule has 5 nitrogen and oxygen atoms in total. The number of rotatable bonds is 7. The summed E-state index contributed by atoms with van der Waals surface area (Å²) >= 11 is 0. The molecule has 0 aliphatic heterocycles. The molecule has 0 aliphatic carbocycles. The van der Waals surface area contributed by atoms with Gasteiger partial charge in [-0.25, -0.2) is 4.98 Å². The molecule has 0 radical (unpaired) electrons. The van der Waals surface area contributed by atoms with E-state index in [4.69, 9.17) is 0 Å². The molecule has 1 rings (SSSR count). The van der Waals surface area contributed by atoms with Crippen LogP contribution in [0.3, 0.4) is 0 Å². The van der Waals surface area contributed by atoms with Crippen molar-refractivity contribution >= 4 is 5.96 Å². The van der Waals surface area contributed by atoms with E-state index in [0.717, 1.165) is 45.0 Å². The predicted molar refractivity (Wildman–Crippen MR) is 71.1 cm³/mol. The standard InChI is InChI=1S/C12H23N5/c1-3-6-15-12(14-4-2)16-7-5-9-17-10-8-13-11-17/h8,10-11H,3-7,9H2,1-2H3,(H2,14,15,16). The van der Waals surface area contributed by atoms with Crippen LogP contribution in [0.5, 0.6) is 0 Å². The van der Waals surface area contributed by atoms with Crippen LogP contribution in [0.25, 0.3) is 0 Å². The van der Waals surface area contributed by atoms with Crippen LogP contribution in [0.15, 0.2) is 23.7 Å². The van der Waals surface area contributed by atoms with E-state index in [1.807, 2.05) is 12.5 Å². The third-order valence-electron chi connectivity index (χ3n) is 2.28. The quantitative estimate of drug-likeness (QED) is 0.426. The van der Waals surface area contributed by atoms with Gasteiger partial charge in [-0.1, -0.05) is 6.92 Å². The van der Waals surface area contributed by atoms with Gasteiger partial charge >= 0.3 is 0 Å². The van der Waals surface area contributed by atoms with E-state index in [2.05, 4.69) is 39.0 Å². The van der Waals surface area contributed by atoms with E-state index < -0.39 is 0 Å². The van der Waals surface area contributed by atoms with Crippen LogP contribution in [0.2, 0.25) is 0 Å². The number of hydrogen-bond donors (Lipinski definition) is 2. The highest BCUT2D eigenvalue weighted by Gasteiger charge is 1.95. The molecule has 1 heterocycles. The molecule has 0 aromatic carbocycles. The Morgan fingerprint density at radius 1 is 1.35 bits per heavy atom. The summed E-state index contributed by atoms with van der Waals surface area (Å²) in [5.74, 6) is 0.917. The molecule has 96 valence electrons. The first-order chi connectivity index (χ1) is 8.36. The van der Waals surface area contributed by atoms with Crippen molar-refractivity contribution in [3.8, 4) is 0 Å². The number of nitrogens with zero attached hydrogens (tertiary/aromatic N) is 3. The molecule has 1 aromatic heterocycles. The Morgan fingerprint density at radius 3 is 2.88 bits per heavy atom. The minimum atomic E-state index is 0.872. The molecule has 2 N–H and O–H groups in total. The minimum absolute atomic E-state index is 0.872. The second-order valence-corrected chi connectivity index (χ2v) is 3.84. The first-order valence-electron chi connectivity index (χ1n) is 6.34. The Labute approximate surface area is 103 Å². The van der Waals surface area contributed by atoms with E-state index in [0.29, 0.717) is 0 Å². The summed E-state index contributed by atoms with van der Waals surface area (Å²) < 4.78 is 2.08. The number of aryl methyl sites for hydroxylation is 1. The second kappa shape index (κ2) is 8.61. The number of hydrogen-bond acceptors (Lipinski definition) is 2. The first-order valence-corrected chi connectivity index (χ1v) is 6.34. The van der Waals surface area contributed by atoms with Crippen LogP contribution in [0, 0.1) is 0 Å². The van der Waals surface area contributed by atoms with Crippen molar-refractivity contribution in [2.75, 3.05) is 19.6 Å². The van der Waals surface area contributed by atoms with Gasteiger partial charge in [-0.15, -0.1) is 0 Å². The average molecular weight is 237 g/mol. The normalized spacial score (nSPS) is 11.5. The molecule has 1 aromatic rings. The maximum Gasteiger partial charge on any atom is 0.191 e. The van der Waals surface area contributed by atoms with Gasteiger partial charge in [0.2, 0.25) is 0 Å². The molecular weight excluding hydrogens is 214 g/mol. The maximum absolute atomic E-state index is 4.44. The Balaban J connectivity index is 2.17. The minimum Gasteiger partial charge on any atom is -0.357 e. The summed E-state index contributed by atoms with van der Waals surface area (Å²) in [5.41, 5.74) is 0. The second-order valence-electron chi connectivity index (χ2n) is 3.84. The highest BCUT2D eigenvalue weighted by molar-refractivity contribution is 5.79. The molecule has 0 aliphatic rings. The van der Waals surface area contributed by atoms with Crippen molar-refractivity contribution in [3.05, 3.63) is 18.7 Å². The number of imidazole rings is 1.